The van der Waals surface area contributed by atoms with Crippen molar-refractivity contribution in [2.45, 2.75) is 0 Å². The van der Waals surface area contributed by atoms with Crippen molar-refractivity contribution in [2.75, 3.05) is 11.9 Å². The summed E-state index contributed by atoms with van der Waals surface area (Å²) in [5.41, 5.74) is 1.29. The van der Waals surface area contributed by atoms with E-state index in [1.165, 1.54) is 36.7 Å². The zero-order valence-electron chi connectivity index (χ0n) is 13.1. The highest BCUT2D eigenvalue weighted by Gasteiger charge is 2.14. The molecule has 0 saturated heterocycles. The molecule has 3 aromatic rings. The van der Waals surface area contributed by atoms with Crippen LogP contribution >= 0.6 is 11.6 Å². The number of esters is 1. The van der Waals surface area contributed by atoms with Gasteiger partial charge in [0.15, 0.2) is 18.6 Å². The number of oxazole rings is 1. The first-order valence-corrected chi connectivity index (χ1v) is 7.65. The molecule has 0 aliphatic carbocycles. The summed E-state index contributed by atoms with van der Waals surface area (Å²) in [5.74, 6) is -2.53. The molecule has 0 fully saturated rings. The standard InChI is InChI=1S/C17H11ClN2O6/c18-11-3-1-9(16(22)23)5-12(11)20-15(21)7-25-17(24)10-2-4-14-13(6-10)19-8-26-14/h1-6,8H,7H2,(H,20,21)(H,22,23). The van der Waals surface area contributed by atoms with Crippen molar-refractivity contribution in [3.8, 4) is 0 Å². The Morgan fingerprint density at radius 3 is 2.69 bits per heavy atom. The number of nitrogens with one attached hydrogen (secondary N) is 1. The number of carboxylic acids is 1. The van der Waals surface area contributed by atoms with E-state index in [1.807, 2.05) is 0 Å². The van der Waals surface area contributed by atoms with E-state index in [-0.39, 0.29) is 21.8 Å². The molecule has 0 aliphatic heterocycles. The van der Waals surface area contributed by atoms with Crippen molar-refractivity contribution in [3.63, 3.8) is 0 Å². The summed E-state index contributed by atoms with van der Waals surface area (Å²) in [5, 5.41) is 11.5. The van der Waals surface area contributed by atoms with Crippen LogP contribution in [0.2, 0.25) is 5.02 Å². The van der Waals surface area contributed by atoms with Crippen molar-refractivity contribution in [3.05, 3.63) is 58.9 Å². The summed E-state index contributed by atoms with van der Waals surface area (Å²) < 4.78 is 10.0. The number of ether oxygens (including phenoxy) is 1. The first-order chi connectivity index (χ1) is 12.4. The van der Waals surface area contributed by atoms with Crippen molar-refractivity contribution >= 4 is 46.2 Å². The van der Waals surface area contributed by atoms with Crippen molar-refractivity contribution < 1.29 is 28.6 Å². The average Bonchev–Trinajstić information content (AvgIpc) is 3.09. The predicted molar refractivity (Wildman–Crippen MR) is 91.3 cm³/mol. The molecule has 2 aromatic carbocycles. The molecule has 3 rings (SSSR count). The molecular weight excluding hydrogens is 364 g/mol. The lowest BCUT2D eigenvalue weighted by molar-refractivity contribution is -0.119. The molecular formula is C17H11ClN2O6. The molecule has 9 heteroatoms. The van der Waals surface area contributed by atoms with Crippen LogP contribution in [-0.2, 0) is 9.53 Å². The Hall–Kier alpha value is -3.39. The first kappa shape index (κ1) is 17.4. The van der Waals surface area contributed by atoms with Crippen LogP contribution in [-0.4, -0.2) is 34.5 Å². The topological polar surface area (TPSA) is 119 Å². The fourth-order valence-corrected chi connectivity index (χ4v) is 2.30. The van der Waals surface area contributed by atoms with Gasteiger partial charge < -0.3 is 19.6 Å². The highest BCUT2D eigenvalue weighted by Crippen LogP contribution is 2.23. The largest absolute Gasteiger partial charge is 0.478 e. The van der Waals surface area contributed by atoms with Crippen LogP contribution < -0.4 is 5.32 Å². The highest BCUT2D eigenvalue weighted by molar-refractivity contribution is 6.33. The predicted octanol–water partition coefficient (Wildman–Crippen LogP) is 2.97. The Labute approximate surface area is 151 Å². The summed E-state index contributed by atoms with van der Waals surface area (Å²) in [6.07, 6.45) is 1.25. The smallest absolute Gasteiger partial charge is 0.338 e. The average molecular weight is 375 g/mol. The minimum atomic E-state index is -1.16. The van der Waals surface area contributed by atoms with E-state index in [0.717, 1.165) is 0 Å². The van der Waals surface area contributed by atoms with Crippen molar-refractivity contribution in [2.24, 2.45) is 0 Å². The summed E-state index contributed by atoms with van der Waals surface area (Å²) in [6.45, 7) is -0.566. The number of carbonyl (C=O) groups excluding carboxylic acids is 2. The number of benzene rings is 2. The van der Waals surface area contributed by atoms with Gasteiger partial charge in [-0.25, -0.2) is 14.6 Å². The van der Waals surface area contributed by atoms with Crippen LogP contribution in [0.15, 0.2) is 47.2 Å². The normalized spacial score (nSPS) is 10.5. The van der Waals surface area contributed by atoms with Gasteiger partial charge in [0.05, 0.1) is 21.8 Å². The minimum absolute atomic E-state index is 0.0393. The molecule has 0 saturated carbocycles. The molecule has 26 heavy (non-hydrogen) atoms. The first-order valence-electron chi connectivity index (χ1n) is 7.27. The number of amides is 1. The van der Waals surface area contributed by atoms with Gasteiger partial charge in [0, 0.05) is 0 Å². The van der Waals surface area contributed by atoms with E-state index >= 15 is 0 Å². The molecule has 0 atom stereocenters. The maximum absolute atomic E-state index is 12.0. The number of carboxylic acid groups (broad SMARTS) is 1. The molecule has 0 bridgehead atoms. The molecule has 0 spiro atoms. The quantitative estimate of drug-likeness (QED) is 0.659. The third-order valence-corrected chi connectivity index (χ3v) is 3.72. The number of hydrogen-bond donors (Lipinski definition) is 2. The molecule has 1 amide bonds. The van der Waals surface area contributed by atoms with E-state index in [1.54, 1.807) is 6.07 Å². The van der Waals surface area contributed by atoms with Crippen LogP contribution in [0.5, 0.6) is 0 Å². The maximum Gasteiger partial charge on any atom is 0.338 e. The Morgan fingerprint density at radius 1 is 1.15 bits per heavy atom. The third kappa shape index (κ3) is 3.81. The zero-order chi connectivity index (χ0) is 18.7. The van der Waals surface area contributed by atoms with E-state index in [2.05, 4.69) is 10.3 Å². The van der Waals surface area contributed by atoms with Gasteiger partial charge in [-0.15, -0.1) is 0 Å². The number of fused-ring (bicyclic) bond motifs is 1. The number of aromatic carboxylic acids is 1. The summed E-state index contributed by atoms with van der Waals surface area (Å²) in [4.78, 5) is 38.8. The van der Waals surface area contributed by atoms with Crippen molar-refractivity contribution in [1.82, 2.24) is 4.98 Å². The lowest BCUT2D eigenvalue weighted by Gasteiger charge is -2.09. The number of halogens is 1. The molecule has 2 N–H and O–H groups in total. The molecule has 0 unspecified atom stereocenters. The highest BCUT2D eigenvalue weighted by atomic mass is 35.5. The zero-order valence-corrected chi connectivity index (χ0v) is 13.8. The molecule has 132 valence electrons. The Balaban J connectivity index is 1.62. The third-order valence-electron chi connectivity index (χ3n) is 3.39. The minimum Gasteiger partial charge on any atom is -0.478 e. The number of hydrogen-bond acceptors (Lipinski definition) is 6. The van der Waals surface area contributed by atoms with Gasteiger partial charge in [-0.1, -0.05) is 11.6 Å². The van der Waals surface area contributed by atoms with Gasteiger partial charge in [-0.3, -0.25) is 4.79 Å². The van der Waals surface area contributed by atoms with Gasteiger partial charge in [0.2, 0.25) is 0 Å². The second kappa shape index (κ2) is 7.24. The van der Waals surface area contributed by atoms with Crippen LogP contribution in [0.1, 0.15) is 20.7 Å². The number of aromatic nitrogens is 1. The van der Waals surface area contributed by atoms with Crippen LogP contribution in [0.3, 0.4) is 0 Å². The Morgan fingerprint density at radius 2 is 1.92 bits per heavy atom. The molecule has 1 aromatic heterocycles. The van der Waals surface area contributed by atoms with Gasteiger partial charge >= 0.3 is 11.9 Å². The number of nitrogens with zero attached hydrogens (tertiary/aromatic N) is 1. The van der Waals surface area contributed by atoms with E-state index < -0.39 is 24.5 Å². The lowest BCUT2D eigenvalue weighted by Crippen LogP contribution is -2.21. The van der Waals surface area contributed by atoms with Crippen LogP contribution in [0.4, 0.5) is 5.69 Å². The lowest BCUT2D eigenvalue weighted by atomic mass is 10.2. The second-order valence-corrected chi connectivity index (χ2v) is 5.57. The molecule has 1 heterocycles. The summed E-state index contributed by atoms with van der Waals surface area (Å²) in [6, 6.07) is 8.40. The van der Waals surface area contributed by atoms with Crippen LogP contribution in [0, 0.1) is 0 Å². The molecule has 0 radical (unpaired) electrons. The number of anilines is 1. The second-order valence-electron chi connectivity index (χ2n) is 5.16. The molecule has 0 aliphatic rings. The number of rotatable bonds is 5. The summed E-state index contributed by atoms with van der Waals surface area (Å²) in [7, 11) is 0. The fourth-order valence-electron chi connectivity index (χ4n) is 2.14. The SMILES string of the molecule is O=C(COC(=O)c1ccc2ocnc2c1)Nc1cc(C(=O)O)ccc1Cl. The van der Waals surface area contributed by atoms with Crippen molar-refractivity contribution in [1.29, 1.82) is 0 Å². The van der Waals surface area contributed by atoms with E-state index in [4.69, 9.17) is 25.9 Å². The van der Waals surface area contributed by atoms with Gasteiger partial charge in [-0.05, 0) is 36.4 Å². The number of carbonyl (C=O) groups is 3. The van der Waals surface area contributed by atoms with E-state index in [0.29, 0.717) is 11.1 Å². The maximum atomic E-state index is 12.0. The van der Waals surface area contributed by atoms with Gasteiger partial charge in [0.25, 0.3) is 5.91 Å². The Bertz CT molecular complexity index is 1010. The van der Waals surface area contributed by atoms with E-state index in [9.17, 15) is 14.4 Å². The van der Waals surface area contributed by atoms with Crippen LogP contribution in [0.25, 0.3) is 11.1 Å². The van der Waals surface area contributed by atoms with Gasteiger partial charge in [-0.2, -0.15) is 0 Å². The molecule has 8 nitrogen and oxygen atoms in total. The Kier molecular flexibility index (Phi) is 4.85. The fraction of sp³-hybridized carbons (Fsp3) is 0.0588. The monoisotopic (exact) mass is 374 g/mol. The summed E-state index contributed by atoms with van der Waals surface area (Å²) >= 11 is 5.92. The van der Waals surface area contributed by atoms with Gasteiger partial charge in [0.1, 0.15) is 5.52 Å².